The first-order valence-electron chi connectivity index (χ1n) is 5.72. The Balaban J connectivity index is 0.00000162. The van der Waals surface area contributed by atoms with E-state index in [1.807, 2.05) is 6.07 Å². The van der Waals surface area contributed by atoms with Crippen LogP contribution in [0.1, 0.15) is 18.5 Å². The van der Waals surface area contributed by atoms with Crippen molar-refractivity contribution in [3.05, 3.63) is 26.6 Å². The Morgan fingerprint density at radius 3 is 2.32 bits per heavy atom. The van der Waals surface area contributed by atoms with Gasteiger partial charge in [-0.05, 0) is 19.1 Å². The molecule has 2 N–H and O–H groups in total. The molecular weight excluding hydrogens is 419 g/mol. The molecule has 0 aromatic heterocycles. The number of hydrogen-bond donors (Lipinski definition) is 2. The zero-order valence-corrected chi connectivity index (χ0v) is 15.3. The van der Waals surface area contributed by atoms with Crippen LogP contribution in [0, 0.1) is 0 Å². The molecule has 0 spiro atoms. The zero-order valence-electron chi connectivity index (χ0n) is 10.5. The molecule has 3 nitrogen and oxygen atoms in total. The van der Waals surface area contributed by atoms with Gasteiger partial charge in [0.05, 0.1) is 0 Å². The van der Waals surface area contributed by atoms with Gasteiger partial charge in [0.15, 0.2) is 0 Å². The second-order valence-corrected chi connectivity index (χ2v) is 6.05. The van der Waals surface area contributed by atoms with Crippen molar-refractivity contribution >= 4 is 56.7 Å². The number of phenolic OH excluding ortho intramolecular Hbond substituents is 1. The zero-order chi connectivity index (χ0) is 12.4. The van der Waals surface area contributed by atoms with Crippen molar-refractivity contribution < 1.29 is 5.11 Å². The Hall–Kier alpha value is 0.480. The van der Waals surface area contributed by atoms with Crippen LogP contribution < -0.4 is 5.32 Å². The average molecular weight is 437 g/mol. The first kappa shape index (κ1) is 19.5. The highest BCUT2D eigenvalue weighted by Crippen LogP contribution is 2.37. The number of nitrogens with zero attached hydrogens (tertiary/aromatic N) is 1. The summed E-state index contributed by atoms with van der Waals surface area (Å²) in [6.07, 6.45) is 0. The van der Waals surface area contributed by atoms with Crippen LogP contribution in [0.3, 0.4) is 0 Å². The summed E-state index contributed by atoms with van der Waals surface area (Å²) in [7, 11) is 0. The molecule has 1 aliphatic rings. The molecule has 2 rings (SSSR count). The predicted octanol–water partition coefficient (Wildman–Crippen LogP) is 3.73. The largest absolute Gasteiger partial charge is 0.508 e. The van der Waals surface area contributed by atoms with E-state index in [4.69, 9.17) is 0 Å². The van der Waals surface area contributed by atoms with Gasteiger partial charge in [-0.2, -0.15) is 0 Å². The van der Waals surface area contributed by atoms with Crippen LogP contribution in [0.4, 0.5) is 0 Å². The molecule has 7 heteroatoms. The molecule has 110 valence electrons. The van der Waals surface area contributed by atoms with E-state index in [9.17, 15) is 5.11 Å². The van der Waals surface area contributed by atoms with Crippen LogP contribution in [0.5, 0.6) is 5.75 Å². The summed E-state index contributed by atoms with van der Waals surface area (Å²) in [5.41, 5.74) is 0.968. The lowest BCUT2D eigenvalue weighted by atomic mass is 10.1. The Bertz CT molecular complexity index is 392. The summed E-state index contributed by atoms with van der Waals surface area (Å²) in [6, 6.07) is 3.95. The summed E-state index contributed by atoms with van der Waals surface area (Å²) in [5, 5.41) is 13.4. The quantitative estimate of drug-likeness (QED) is 0.741. The van der Waals surface area contributed by atoms with Crippen molar-refractivity contribution in [2.24, 2.45) is 0 Å². The van der Waals surface area contributed by atoms with Crippen molar-refractivity contribution in [3.63, 3.8) is 0 Å². The van der Waals surface area contributed by atoms with Crippen molar-refractivity contribution in [1.29, 1.82) is 0 Å². The highest BCUT2D eigenvalue weighted by Gasteiger charge is 2.22. The smallest absolute Gasteiger partial charge is 0.122 e. The van der Waals surface area contributed by atoms with E-state index >= 15 is 0 Å². The van der Waals surface area contributed by atoms with E-state index in [1.165, 1.54) is 0 Å². The highest BCUT2D eigenvalue weighted by molar-refractivity contribution is 9.11. The number of phenols is 1. The molecule has 1 saturated heterocycles. The van der Waals surface area contributed by atoms with Crippen molar-refractivity contribution in [2.45, 2.75) is 13.0 Å². The topological polar surface area (TPSA) is 35.5 Å². The molecule has 1 aromatic carbocycles. The molecule has 1 aromatic rings. The normalized spacial score (nSPS) is 17.2. The third kappa shape index (κ3) is 4.76. The standard InChI is InChI=1S/C12H16Br2N2O.2ClH/c1-8(16-4-2-15-3-5-16)12-10(14)6-9(13)7-11(12)17;;/h6-8,15,17H,2-5H2,1H3;2*1H/t8-;;/m1../s1. The lowest BCUT2D eigenvalue weighted by Crippen LogP contribution is -2.44. The van der Waals surface area contributed by atoms with E-state index in [1.54, 1.807) is 6.07 Å². The summed E-state index contributed by atoms with van der Waals surface area (Å²) in [6.45, 7) is 6.20. The molecule has 0 radical (unpaired) electrons. The molecule has 0 saturated carbocycles. The van der Waals surface area contributed by atoms with Crippen molar-refractivity contribution in [2.75, 3.05) is 26.2 Å². The summed E-state index contributed by atoms with van der Waals surface area (Å²) in [4.78, 5) is 2.38. The lowest BCUT2D eigenvalue weighted by molar-refractivity contribution is 0.182. The van der Waals surface area contributed by atoms with Gasteiger partial charge in [0.25, 0.3) is 0 Å². The monoisotopic (exact) mass is 434 g/mol. The van der Waals surface area contributed by atoms with Gasteiger partial charge in [-0.3, -0.25) is 4.90 Å². The minimum Gasteiger partial charge on any atom is -0.508 e. The second kappa shape index (κ2) is 8.70. The van der Waals surface area contributed by atoms with Crippen LogP contribution in [0.25, 0.3) is 0 Å². The maximum Gasteiger partial charge on any atom is 0.122 e. The molecule has 0 bridgehead atoms. The molecule has 19 heavy (non-hydrogen) atoms. The van der Waals surface area contributed by atoms with E-state index in [2.05, 4.69) is 49.0 Å². The summed E-state index contributed by atoms with van der Waals surface area (Å²) in [5.74, 6) is 0.345. The molecule has 1 atom stereocenters. The first-order chi connectivity index (χ1) is 8.09. The number of nitrogens with one attached hydrogen (secondary N) is 1. The number of benzene rings is 1. The van der Waals surface area contributed by atoms with E-state index in [0.29, 0.717) is 5.75 Å². The van der Waals surface area contributed by atoms with Gasteiger partial charge >= 0.3 is 0 Å². The Morgan fingerprint density at radius 1 is 1.21 bits per heavy atom. The van der Waals surface area contributed by atoms with Gasteiger partial charge in [0, 0.05) is 46.7 Å². The maximum atomic E-state index is 10.1. The van der Waals surface area contributed by atoms with Gasteiger partial charge in [-0.1, -0.05) is 31.9 Å². The van der Waals surface area contributed by atoms with Crippen LogP contribution >= 0.6 is 56.7 Å². The minimum absolute atomic E-state index is 0. The fraction of sp³-hybridized carbons (Fsp3) is 0.500. The number of aromatic hydroxyl groups is 1. The highest BCUT2D eigenvalue weighted by atomic mass is 79.9. The predicted molar refractivity (Wildman–Crippen MR) is 90.9 cm³/mol. The molecular formula is C12H18Br2Cl2N2O. The number of halogens is 4. The van der Waals surface area contributed by atoms with E-state index < -0.39 is 0 Å². The maximum absolute atomic E-state index is 10.1. The Labute approximate surface area is 143 Å². The fourth-order valence-corrected chi connectivity index (χ4v) is 3.77. The molecule has 1 heterocycles. The molecule has 1 fully saturated rings. The Morgan fingerprint density at radius 2 is 1.79 bits per heavy atom. The number of rotatable bonds is 2. The number of piperazine rings is 1. The van der Waals surface area contributed by atoms with Gasteiger partial charge < -0.3 is 10.4 Å². The van der Waals surface area contributed by atoms with Gasteiger partial charge in [-0.15, -0.1) is 24.8 Å². The molecule has 0 amide bonds. The van der Waals surface area contributed by atoms with Gasteiger partial charge in [0.2, 0.25) is 0 Å². The number of hydrogen-bond acceptors (Lipinski definition) is 3. The molecule has 1 aliphatic heterocycles. The van der Waals surface area contributed by atoms with Crippen molar-refractivity contribution in [1.82, 2.24) is 10.2 Å². The third-order valence-electron chi connectivity index (χ3n) is 3.19. The summed E-state index contributed by atoms with van der Waals surface area (Å²) >= 11 is 6.91. The summed E-state index contributed by atoms with van der Waals surface area (Å²) < 4.78 is 1.84. The second-order valence-electron chi connectivity index (χ2n) is 4.28. The SMILES string of the molecule is C[C@H](c1c(O)cc(Br)cc1Br)N1CCNCC1.Cl.Cl. The van der Waals surface area contributed by atoms with Gasteiger partial charge in [0.1, 0.15) is 5.75 Å². The molecule has 0 aliphatic carbocycles. The lowest BCUT2D eigenvalue weighted by Gasteiger charge is -2.33. The third-order valence-corrected chi connectivity index (χ3v) is 4.30. The van der Waals surface area contributed by atoms with Crippen molar-refractivity contribution in [3.8, 4) is 5.75 Å². The average Bonchev–Trinajstić information content (AvgIpc) is 2.28. The molecule has 0 unspecified atom stereocenters. The Kier molecular flexibility index (Phi) is 8.92. The fourth-order valence-electron chi connectivity index (χ4n) is 2.24. The minimum atomic E-state index is 0. The van der Waals surface area contributed by atoms with Crippen LogP contribution in [0.2, 0.25) is 0 Å². The van der Waals surface area contributed by atoms with E-state index in [-0.39, 0.29) is 30.9 Å². The van der Waals surface area contributed by atoms with Crippen LogP contribution in [-0.4, -0.2) is 36.2 Å². The van der Waals surface area contributed by atoms with Gasteiger partial charge in [-0.25, -0.2) is 0 Å². The van der Waals surface area contributed by atoms with E-state index in [0.717, 1.165) is 40.7 Å². The van der Waals surface area contributed by atoms with Crippen LogP contribution in [0.15, 0.2) is 21.1 Å². The van der Waals surface area contributed by atoms with Crippen LogP contribution in [-0.2, 0) is 0 Å². The first-order valence-corrected chi connectivity index (χ1v) is 7.31.